The first-order chi connectivity index (χ1) is 9.54. The Labute approximate surface area is 118 Å². The Balaban J connectivity index is 3.19. The molecule has 1 atom stereocenters. The number of aryl methyl sites for hydroxylation is 1. The molecule has 0 spiro atoms. The third-order valence-electron chi connectivity index (χ3n) is 2.50. The standard InChI is InChI=1S/C11H12F2N2O5S/c1-5-2-9(7(13)3-6(5)12)21(19,20)15-8(11(17)18)4-10(14)16/h2-3,8,15H,4H2,1H3,(H2,14,16)(H,17,18)/t8-/m1/s1. The molecule has 0 aliphatic rings. The molecule has 0 radical (unpaired) electrons. The number of carbonyl (C=O) groups is 2. The second kappa shape index (κ2) is 6.14. The summed E-state index contributed by atoms with van der Waals surface area (Å²) in [5, 5.41) is 8.81. The number of carbonyl (C=O) groups excluding carboxylic acids is 1. The molecule has 7 nitrogen and oxygen atoms in total. The van der Waals surface area contributed by atoms with Gasteiger partial charge >= 0.3 is 5.97 Å². The second-order valence-electron chi connectivity index (χ2n) is 4.21. The lowest BCUT2D eigenvalue weighted by Crippen LogP contribution is -2.43. The van der Waals surface area contributed by atoms with Gasteiger partial charge in [0, 0.05) is 6.07 Å². The Hall–Kier alpha value is -2.07. The molecule has 0 bridgehead atoms. The summed E-state index contributed by atoms with van der Waals surface area (Å²) in [6.45, 7) is 1.21. The number of nitrogens with one attached hydrogen (secondary N) is 1. The maximum Gasteiger partial charge on any atom is 0.322 e. The summed E-state index contributed by atoms with van der Waals surface area (Å²) in [7, 11) is -4.60. The molecule has 0 aliphatic carbocycles. The fourth-order valence-corrected chi connectivity index (χ4v) is 2.80. The molecule has 0 saturated heterocycles. The average molecular weight is 322 g/mol. The Morgan fingerprint density at radius 1 is 1.33 bits per heavy atom. The van der Waals surface area contributed by atoms with Gasteiger partial charge in [-0.05, 0) is 18.6 Å². The molecule has 0 heterocycles. The molecule has 0 aliphatic heterocycles. The Bertz CT molecular complexity index is 690. The van der Waals surface area contributed by atoms with Crippen LogP contribution in [0.3, 0.4) is 0 Å². The van der Waals surface area contributed by atoms with Crippen LogP contribution in [-0.2, 0) is 19.6 Å². The van der Waals surface area contributed by atoms with Crippen molar-refractivity contribution < 1.29 is 31.9 Å². The van der Waals surface area contributed by atoms with Crippen molar-refractivity contribution in [2.45, 2.75) is 24.3 Å². The molecule has 116 valence electrons. The van der Waals surface area contributed by atoms with E-state index in [1.807, 2.05) is 0 Å². The summed E-state index contributed by atoms with van der Waals surface area (Å²) < 4.78 is 52.1. The number of primary amides is 1. The van der Waals surface area contributed by atoms with Crippen molar-refractivity contribution in [3.05, 3.63) is 29.3 Å². The topological polar surface area (TPSA) is 127 Å². The number of amides is 1. The van der Waals surface area contributed by atoms with Gasteiger partial charge in [0.05, 0.1) is 6.42 Å². The number of aliphatic carboxylic acids is 1. The first-order valence-electron chi connectivity index (χ1n) is 5.53. The molecule has 1 aromatic carbocycles. The number of sulfonamides is 1. The van der Waals surface area contributed by atoms with Crippen molar-refractivity contribution in [2.24, 2.45) is 5.73 Å². The molecule has 10 heteroatoms. The largest absolute Gasteiger partial charge is 0.480 e. The zero-order chi connectivity index (χ0) is 16.4. The molecular formula is C11H12F2N2O5S. The van der Waals surface area contributed by atoms with E-state index in [1.165, 1.54) is 6.92 Å². The average Bonchev–Trinajstić information content (AvgIpc) is 2.31. The fourth-order valence-electron chi connectivity index (χ4n) is 1.47. The highest BCUT2D eigenvalue weighted by Crippen LogP contribution is 2.19. The van der Waals surface area contributed by atoms with Gasteiger partial charge in [-0.3, -0.25) is 9.59 Å². The van der Waals surface area contributed by atoms with E-state index in [9.17, 15) is 26.8 Å². The minimum absolute atomic E-state index is 0.140. The minimum atomic E-state index is -4.60. The highest BCUT2D eigenvalue weighted by atomic mass is 32.2. The molecule has 0 unspecified atom stereocenters. The van der Waals surface area contributed by atoms with E-state index in [0.29, 0.717) is 6.07 Å². The number of carboxylic acid groups (broad SMARTS) is 1. The first-order valence-corrected chi connectivity index (χ1v) is 7.02. The quantitative estimate of drug-likeness (QED) is 0.673. The summed E-state index contributed by atoms with van der Waals surface area (Å²) in [5.41, 5.74) is 4.66. The number of nitrogens with two attached hydrogens (primary N) is 1. The van der Waals surface area contributed by atoms with Gasteiger partial charge in [0.25, 0.3) is 0 Å². The van der Waals surface area contributed by atoms with E-state index in [1.54, 1.807) is 4.72 Å². The normalized spacial score (nSPS) is 12.9. The summed E-state index contributed by atoms with van der Waals surface area (Å²) in [6, 6.07) is -0.763. The number of halogens is 2. The van der Waals surface area contributed by atoms with E-state index in [4.69, 9.17) is 10.8 Å². The van der Waals surface area contributed by atoms with Gasteiger partial charge < -0.3 is 10.8 Å². The van der Waals surface area contributed by atoms with E-state index in [-0.39, 0.29) is 5.56 Å². The first kappa shape index (κ1) is 17.0. The predicted octanol–water partition coefficient (Wildman–Crippen LogP) is -0.120. The van der Waals surface area contributed by atoms with Gasteiger partial charge in [0.1, 0.15) is 22.6 Å². The number of carboxylic acids is 1. The van der Waals surface area contributed by atoms with Crippen LogP contribution >= 0.6 is 0 Å². The van der Waals surface area contributed by atoms with Crippen LogP contribution in [0.4, 0.5) is 8.78 Å². The maximum absolute atomic E-state index is 13.5. The number of hydrogen-bond donors (Lipinski definition) is 3. The van der Waals surface area contributed by atoms with Gasteiger partial charge in [0.15, 0.2) is 0 Å². The van der Waals surface area contributed by atoms with Crippen LogP contribution in [0.2, 0.25) is 0 Å². The van der Waals surface area contributed by atoms with Crippen LogP contribution in [0.25, 0.3) is 0 Å². The molecule has 21 heavy (non-hydrogen) atoms. The second-order valence-corrected chi connectivity index (χ2v) is 5.90. The van der Waals surface area contributed by atoms with Crippen LogP contribution in [0.5, 0.6) is 0 Å². The minimum Gasteiger partial charge on any atom is -0.480 e. The zero-order valence-electron chi connectivity index (χ0n) is 10.8. The van der Waals surface area contributed by atoms with Crippen molar-refractivity contribution in [1.29, 1.82) is 0 Å². The van der Waals surface area contributed by atoms with Crippen molar-refractivity contribution in [3.8, 4) is 0 Å². The molecule has 0 fully saturated rings. The number of rotatable bonds is 6. The van der Waals surface area contributed by atoms with E-state index in [0.717, 1.165) is 6.07 Å². The van der Waals surface area contributed by atoms with Crippen LogP contribution in [-0.4, -0.2) is 31.4 Å². The van der Waals surface area contributed by atoms with Gasteiger partial charge in [-0.25, -0.2) is 17.2 Å². The monoisotopic (exact) mass is 322 g/mol. The van der Waals surface area contributed by atoms with Crippen LogP contribution in [0, 0.1) is 18.6 Å². The smallest absolute Gasteiger partial charge is 0.322 e. The van der Waals surface area contributed by atoms with Crippen molar-refractivity contribution in [2.75, 3.05) is 0 Å². The zero-order valence-corrected chi connectivity index (χ0v) is 11.6. The summed E-state index contributed by atoms with van der Waals surface area (Å²) in [6.07, 6.45) is -0.809. The van der Waals surface area contributed by atoms with Crippen molar-refractivity contribution in [3.63, 3.8) is 0 Å². The summed E-state index contributed by atoms with van der Waals surface area (Å²) in [4.78, 5) is 20.6. The van der Waals surface area contributed by atoms with Crippen LogP contribution in [0.15, 0.2) is 17.0 Å². The predicted molar refractivity (Wildman–Crippen MR) is 66.7 cm³/mol. The molecule has 1 amide bonds. The molecule has 0 saturated carbocycles. The molecule has 1 rings (SSSR count). The highest BCUT2D eigenvalue weighted by molar-refractivity contribution is 7.89. The van der Waals surface area contributed by atoms with Gasteiger partial charge in [-0.2, -0.15) is 4.72 Å². The molecule has 4 N–H and O–H groups in total. The van der Waals surface area contributed by atoms with Crippen molar-refractivity contribution in [1.82, 2.24) is 4.72 Å². The summed E-state index contributed by atoms with van der Waals surface area (Å²) >= 11 is 0. The lowest BCUT2D eigenvalue weighted by molar-refractivity contribution is -0.140. The van der Waals surface area contributed by atoms with Gasteiger partial charge in [-0.15, -0.1) is 0 Å². The van der Waals surface area contributed by atoms with Crippen LogP contribution < -0.4 is 10.5 Å². The van der Waals surface area contributed by atoms with Gasteiger partial charge in [0.2, 0.25) is 15.9 Å². The lowest BCUT2D eigenvalue weighted by Gasteiger charge is -2.14. The SMILES string of the molecule is Cc1cc(S(=O)(=O)N[C@H](CC(N)=O)C(=O)O)c(F)cc1F. The Morgan fingerprint density at radius 2 is 1.90 bits per heavy atom. The molecule has 1 aromatic rings. The Kier molecular flexibility index (Phi) is 4.97. The maximum atomic E-state index is 13.5. The highest BCUT2D eigenvalue weighted by Gasteiger charge is 2.29. The van der Waals surface area contributed by atoms with Crippen molar-refractivity contribution >= 4 is 21.9 Å². The van der Waals surface area contributed by atoms with E-state index < -0.39 is 50.9 Å². The fraction of sp³-hybridized carbons (Fsp3) is 0.273. The molecular weight excluding hydrogens is 310 g/mol. The molecule has 0 aromatic heterocycles. The number of benzene rings is 1. The third kappa shape index (κ3) is 4.20. The van der Waals surface area contributed by atoms with E-state index in [2.05, 4.69) is 0 Å². The van der Waals surface area contributed by atoms with Crippen LogP contribution in [0.1, 0.15) is 12.0 Å². The summed E-state index contributed by atoms with van der Waals surface area (Å²) in [5.74, 6) is -5.04. The van der Waals surface area contributed by atoms with Gasteiger partial charge in [-0.1, -0.05) is 0 Å². The Morgan fingerprint density at radius 3 is 2.38 bits per heavy atom. The third-order valence-corrected chi connectivity index (χ3v) is 3.99. The van der Waals surface area contributed by atoms with E-state index >= 15 is 0 Å². The lowest BCUT2D eigenvalue weighted by atomic mass is 10.2. The number of hydrogen-bond acceptors (Lipinski definition) is 4.